The van der Waals surface area contributed by atoms with E-state index in [-0.39, 0.29) is 12.3 Å². The molecule has 2 aromatic rings. The average molecular weight is 304 g/mol. The van der Waals surface area contributed by atoms with Crippen LogP contribution in [0.5, 0.6) is 0 Å². The molecule has 0 bridgehead atoms. The first kappa shape index (κ1) is 15.0. The number of aliphatic hydroxyl groups is 1. The normalized spacial score (nSPS) is 17.0. The molecule has 118 valence electrons. The molecule has 0 unspecified atom stereocenters. The quantitative estimate of drug-likeness (QED) is 0.887. The van der Waals surface area contributed by atoms with Crippen LogP contribution in [0.3, 0.4) is 0 Å². The number of rotatable bonds is 5. The van der Waals surface area contributed by atoms with Crippen LogP contribution < -0.4 is 5.32 Å². The first-order valence-electron chi connectivity index (χ1n) is 7.49. The van der Waals surface area contributed by atoms with E-state index < -0.39 is 5.60 Å². The highest BCUT2D eigenvalue weighted by atomic mass is 16.5. The number of carbonyl (C=O) groups is 1. The SMILES string of the molecule is COCc1nc2cc(NC(=O)CC3(O)CCCC3)ccc2o1. The number of methoxy groups -OCH3 is 1. The van der Waals surface area contributed by atoms with E-state index in [4.69, 9.17) is 9.15 Å². The number of aromatic nitrogens is 1. The summed E-state index contributed by atoms with van der Waals surface area (Å²) in [5, 5.41) is 13.1. The van der Waals surface area contributed by atoms with E-state index >= 15 is 0 Å². The highest BCUT2D eigenvalue weighted by molar-refractivity contribution is 5.93. The Morgan fingerprint density at radius 3 is 2.95 bits per heavy atom. The molecule has 0 spiro atoms. The van der Waals surface area contributed by atoms with Crippen molar-refractivity contribution in [2.24, 2.45) is 0 Å². The van der Waals surface area contributed by atoms with Crippen LogP contribution in [0.2, 0.25) is 0 Å². The number of anilines is 1. The molecule has 0 radical (unpaired) electrons. The number of hydrogen-bond donors (Lipinski definition) is 2. The van der Waals surface area contributed by atoms with Crippen LogP contribution in [0.15, 0.2) is 22.6 Å². The van der Waals surface area contributed by atoms with E-state index in [2.05, 4.69) is 10.3 Å². The van der Waals surface area contributed by atoms with E-state index in [1.54, 1.807) is 25.3 Å². The lowest BCUT2D eigenvalue weighted by molar-refractivity contribution is -0.120. The lowest BCUT2D eigenvalue weighted by Crippen LogP contribution is -2.30. The first-order valence-corrected chi connectivity index (χ1v) is 7.49. The van der Waals surface area contributed by atoms with Gasteiger partial charge >= 0.3 is 0 Å². The Kier molecular flexibility index (Phi) is 4.13. The van der Waals surface area contributed by atoms with Crippen molar-refractivity contribution >= 4 is 22.7 Å². The van der Waals surface area contributed by atoms with Crippen LogP contribution in [0.25, 0.3) is 11.1 Å². The van der Waals surface area contributed by atoms with Crippen molar-refractivity contribution in [1.82, 2.24) is 4.98 Å². The molecule has 2 N–H and O–H groups in total. The smallest absolute Gasteiger partial charge is 0.227 e. The van der Waals surface area contributed by atoms with Gasteiger partial charge in [0, 0.05) is 12.8 Å². The molecule has 0 atom stereocenters. The van der Waals surface area contributed by atoms with Crippen molar-refractivity contribution in [2.45, 2.75) is 44.3 Å². The van der Waals surface area contributed by atoms with Crippen LogP contribution in [0, 0.1) is 0 Å². The maximum Gasteiger partial charge on any atom is 0.227 e. The van der Waals surface area contributed by atoms with Crippen molar-refractivity contribution in [1.29, 1.82) is 0 Å². The molecular weight excluding hydrogens is 284 g/mol. The second-order valence-corrected chi connectivity index (χ2v) is 5.88. The molecule has 1 heterocycles. The van der Waals surface area contributed by atoms with Crippen LogP contribution in [-0.2, 0) is 16.1 Å². The van der Waals surface area contributed by atoms with Gasteiger partial charge in [0.05, 0.1) is 12.0 Å². The topological polar surface area (TPSA) is 84.6 Å². The van der Waals surface area contributed by atoms with Gasteiger partial charge in [-0.05, 0) is 31.0 Å². The van der Waals surface area contributed by atoms with Crippen molar-refractivity contribution in [3.05, 3.63) is 24.1 Å². The molecular formula is C16H20N2O4. The molecule has 1 aromatic heterocycles. The number of fused-ring (bicyclic) bond motifs is 1. The molecule has 1 aromatic carbocycles. The molecule has 0 aliphatic heterocycles. The largest absolute Gasteiger partial charge is 0.438 e. The van der Waals surface area contributed by atoms with Gasteiger partial charge in [0.1, 0.15) is 12.1 Å². The number of hydrogen-bond acceptors (Lipinski definition) is 5. The summed E-state index contributed by atoms with van der Waals surface area (Å²) in [6, 6.07) is 5.29. The fourth-order valence-electron chi connectivity index (χ4n) is 2.95. The van der Waals surface area contributed by atoms with Gasteiger partial charge in [0.25, 0.3) is 0 Å². The van der Waals surface area contributed by atoms with E-state index in [9.17, 15) is 9.90 Å². The van der Waals surface area contributed by atoms with Gasteiger partial charge in [-0.1, -0.05) is 12.8 Å². The Morgan fingerprint density at radius 2 is 2.23 bits per heavy atom. The lowest BCUT2D eigenvalue weighted by Gasteiger charge is -2.21. The molecule has 6 heteroatoms. The standard InChI is InChI=1S/C16H20N2O4/c1-21-10-15-18-12-8-11(4-5-13(12)22-15)17-14(19)9-16(20)6-2-3-7-16/h4-5,8,20H,2-3,6-7,9-10H2,1H3,(H,17,19). The summed E-state index contributed by atoms with van der Waals surface area (Å²) in [4.78, 5) is 16.4. The van der Waals surface area contributed by atoms with Crippen LogP contribution in [0.1, 0.15) is 38.0 Å². The molecule has 6 nitrogen and oxygen atoms in total. The van der Waals surface area contributed by atoms with Gasteiger partial charge in [-0.25, -0.2) is 4.98 Å². The Labute approximate surface area is 128 Å². The average Bonchev–Trinajstić information content (AvgIpc) is 3.04. The zero-order valence-electron chi connectivity index (χ0n) is 12.6. The number of benzene rings is 1. The molecule has 1 aliphatic carbocycles. The third-order valence-corrected chi connectivity index (χ3v) is 4.01. The first-order chi connectivity index (χ1) is 10.6. The van der Waals surface area contributed by atoms with Crippen LogP contribution in [0.4, 0.5) is 5.69 Å². The van der Waals surface area contributed by atoms with Gasteiger partial charge in [0.15, 0.2) is 5.58 Å². The Morgan fingerprint density at radius 1 is 1.45 bits per heavy atom. The second kappa shape index (κ2) is 6.06. The fraction of sp³-hybridized carbons (Fsp3) is 0.500. The summed E-state index contributed by atoms with van der Waals surface area (Å²) in [7, 11) is 1.58. The fourth-order valence-corrected chi connectivity index (χ4v) is 2.95. The molecule has 1 amide bonds. The molecule has 0 saturated heterocycles. The van der Waals surface area contributed by atoms with Gasteiger partial charge in [-0.15, -0.1) is 0 Å². The Balaban J connectivity index is 1.69. The van der Waals surface area contributed by atoms with E-state index in [0.717, 1.165) is 12.8 Å². The lowest BCUT2D eigenvalue weighted by atomic mass is 9.97. The van der Waals surface area contributed by atoms with Crippen LogP contribution in [-0.4, -0.2) is 28.7 Å². The van der Waals surface area contributed by atoms with E-state index in [1.165, 1.54) is 0 Å². The van der Waals surface area contributed by atoms with Crippen molar-refractivity contribution in [2.75, 3.05) is 12.4 Å². The predicted molar refractivity (Wildman–Crippen MR) is 81.4 cm³/mol. The van der Waals surface area contributed by atoms with Gasteiger partial charge in [0.2, 0.25) is 11.8 Å². The highest BCUT2D eigenvalue weighted by Gasteiger charge is 2.33. The number of amides is 1. The minimum atomic E-state index is -0.840. The summed E-state index contributed by atoms with van der Waals surface area (Å²) in [5.41, 5.74) is 1.13. The number of oxazole rings is 1. The summed E-state index contributed by atoms with van der Waals surface area (Å²) in [6.45, 7) is 0.309. The molecule has 22 heavy (non-hydrogen) atoms. The monoisotopic (exact) mass is 304 g/mol. The third kappa shape index (κ3) is 3.28. The minimum Gasteiger partial charge on any atom is -0.438 e. The summed E-state index contributed by atoms with van der Waals surface area (Å²) in [6.07, 6.45) is 3.50. The van der Waals surface area contributed by atoms with Gasteiger partial charge in [-0.3, -0.25) is 4.79 Å². The number of nitrogens with zero attached hydrogens (tertiary/aromatic N) is 1. The van der Waals surface area contributed by atoms with Gasteiger partial charge < -0.3 is 19.6 Å². The van der Waals surface area contributed by atoms with Crippen molar-refractivity contribution < 1.29 is 19.1 Å². The molecule has 1 fully saturated rings. The van der Waals surface area contributed by atoms with E-state index in [1.807, 2.05) is 0 Å². The third-order valence-electron chi connectivity index (χ3n) is 4.01. The van der Waals surface area contributed by atoms with Crippen molar-refractivity contribution in [3.63, 3.8) is 0 Å². The predicted octanol–water partition coefficient (Wildman–Crippen LogP) is 2.61. The maximum absolute atomic E-state index is 12.1. The summed E-state index contributed by atoms with van der Waals surface area (Å²) in [5.74, 6) is 0.325. The zero-order chi connectivity index (χ0) is 15.6. The van der Waals surface area contributed by atoms with Crippen LogP contribution >= 0.6 is 0 Å². The molecule has 1 saturated carbocycles. The molecule has 3 rings (SSSR count). The summed E-state index contributed by atoms with van der Waals surface area (Å²) < 4.78 is 10.5. The summed E-state index contributed by atoms with van der Waals surface area (Å²) >= 11 is 0. The second-order valence-electron chi connectivity index (χ2n) is 5.88. The number of ether oxygens (including phenoxy) is 1. The highest BCUT2D eigenvalue weighted by Crippen LogP contribution is 2.32. The number of carbonyl (C=O) groups excluding carboxylic acids is 1. The van der Waals surface area contributed by atoms with Gasteiger partial charge in [-0.2, -0.15) is 0 Å². The van der Waals surface area contributed by atoms with E-state index in [0.29, 0.717) is 42.1 Å². The minimum absolute atomic E-state index is 0.138. The Hall–Kier alpha value is -1.92. The maximum atomic E-state index is 12.1. The molecule has 1 aliphatic rings. The Bertz CT molecular complexity index is 674. The van der Waals surface area contributed by atoms with Crippen molar-refractivity contribution in [3.8, 4) is 0 Å². The zero-order valence-corrected chi connectivity index (χ0v) is 12.6. The number of nitrogens with one attached hydrogen (secondary N) is 1.